The molecule has 566 valence electrons. The maximum absolute atomic E-state index is 13.1. The topological polar surface area (TPSA) is 237 Å². The first kappa shape index (κ1) is 93.5. The van der Waals surface area contributed by atoms with Crippen molar-refractivity contribution < 1.29 is 80.2 Å². The Morgan fingerprint density at radius 1 is 0.344 bits per heavy atom. The highest BCUT2D eigenvalue weighted by atomic mass is 31.2. The van der Waals surface area contributed by atoms with Crippen LogP contribution in [0, 0.1) is 17.8 Å². The van der Waals surface area contributed by atoms with Crippen molar-refractivity contribution in [3.8, 4) is 0 Å². The van der Waals surface area contributed by atoms with Gasteiger partial charge in [0.1, 0.15) is 19.3 Å². The summed E-state index contributed by atoms with van der Waals surface area (Å²) < 4.78 is 68.5. The summed E-state index contributed by atoms with van der Waals surface area (Å²) in [5.74, 6) is 0.146. The Balaban J connectivity index is 5.29. The van der Waals surface area contributed by atoms with E-state index in [4.69, 9.17) is 37.0 Å². The highest BCUT2D eigenvalue weighted by Gasteiger charge is 2.30. The van der Waals surface area contributed by atoms with E-state index in [1.54, 1.807) is 0 Å². The van der Waals surface area contributed by atoms with Crippen LogP contribution in [-0.4, -0.2) is 96.7 Å². The second-order valence-electron chi connectivity index (χ2n) is 28.3. The lowest BCUT2D eigenvalue weighted by molar-refractivity contribution is -0.161. The van der Waals surface area contributed by atoms with E-state index in [-0.39, 0.29) is 25.7 Å². The van der Waals surface area contributed by atoms with Crippen LogP contribution < -0.4 is 0 Å². The van der Waals surface area contributed by atoms with Crippen LogP contribution in [0.4, 0.5) is 0 Å². The Labute approximate surface area is 586 Å². The molecule has 0 aliphatic carbocycles. The van der Waals surface area contributed by atoms with Gasteiger partial charge in [0, 0.05) is 25.7 Å². The minimum absolute atomic E-state index is 0.0847. The highest BCUT2D eigenvalue weighted by molar-refractivity contribution is 7.47. The van der Waals surface area contributed by atoms with E-state index in [1.165, 1.54) is 161 Å². The first-order chi connectivity index (χ1) is 46.3. The molecule has 17 nitrogen and oxygen atoms in total. The average molecular weight is 1410 g/mol. The predicted molar refractivity (Wildman–Crippen MR) is 390 cm³/mol. The smallest absolute Gasteiger partial charge is 0.462 e. The molecule has 0 rings (SSSR count). The van der Waals surface area contributed by atoms with Gasteiger partial charge in [-0.1, -0.05) is 317 Å². The van der Waals surface area contributed by atoms with Crippen LogP contribution in [-0.2, 0) is 65.4 Å². The summed E-state index contributed by atoms with van der Waals surface area (Å²) in [6, 6.07) is 0. The van der Waals surface area contributed by atoms with E-state index < -0.39 is 97.5 Å². The Hall–Kier alpha value is -2.46. The monoisotopic (exact) mass is 1410 g/mol. The molecule has 3 N–H and O–H groups in total. The first-order valence-electron chi connectivity index (χ1n) is 39.2. The number of phosphoric acid groups is 2. The van der Waals surface area contributed by atoms with Crippen molar-refractivity contribution in [2.45, 2.75) is 388 Å². The number of hydrogen-bond donors (Lipinski definition) is 3. The SMILES string of the molecule is CCCCCC/C=C\C=C/CCCCCCCC(=O)O[C@H](COC(=O)CCCCCCCCCCCCCCC(C)C)COP(=O)(O)OC[C@@H](O)COP(=O)(O)OC[C@@H](COC(=O)CCCCCCCCC(C)CC)OC(=O)CCCCCCCCCCCCCCCC(C)C. The van der Waals surface area contributed by atoms with Crippen LogP contribution in [0.5, 0.6) is 0 Å². The van der Waals surface area contributed by atoms with Gasteiger partial charge in [-0.3, -0.25) is 37.3 Å². The zero-order valence-corrected chi connectivity index (χ0v) is 64.1. The zero-order valence-electron chi connectivity index (χ0n) is 62.3. The average Bonchev–Trinajstić information content (AvgIpc) is 1.89. The molecule has 0 aliphatic rings. The third-order valence-electron chi connectivity index (χ3n) is 17.6. The summed E-state index contributed by atoms with van der Waals surface area (Å²) in [6.07, 6.45) is 56.3. The van der Waals surface area contributed by atoms with E-state index in [0.29, 0.717) is 25.7 Å². The second-order valence-corrected chi connectivity index (χ2v) is 31.2. The molecule has 0 aromatic carbocycles. The van der Waals surface area contributed by atoms with Crippen molar-refractivity contribution in [2.75, 3.05) is 39.6 Å². The molecule has 6 atom stereocenters. The van der Waals surface area contributed by atoms with Gasteiger partial charge in [0.2, 0.25) is 0 Å². The molecular weight excluding hydrogens is 1260 g/mol. The number of carbonyl (C=O) groups excluding carboxylic acids is 4. The standard InChI is InChI=1S/C77H146O17P2/c1-8-10-11-12-13-14-15-16-17-20-27-32-37-46-53-60-76(81)93-72(64-87-74(79)58-51-44-36-31-26-23-22-25-30-35-42-49-56-69(5)6)66-91-95(83,84)89-62-71(78)63-90-96(85,86)92-67-73(65-88-75(80)59-52-45-40-39-43-50-57-70(7)9-2)94-77(82)61-54-47-38-33-28-21-18-19-24-29-34-41-48-55-68(3)4/h14-17,68-73,78H,8-13,18-67H2,1-7H3,(H,83,84)(H,85,86)/b15-14-,17-16-/t70?,71-,72-,73-/m1/s1. The van der Waals surface area contributed by atoms with E-state index in [2.05, 4.69) is 72.8 Å². The molecule has 0 spiro atoms. The van der Waals surface area contributed by atoms with Crippen LogP contribution in [0.2, 0.25) is 0 Å². The third-order valence-corrected chi connectivity index (χ3v) is 19.5. The molecule has 0 radical (unpaired) electrons. The van der Waals surface area contributed by atoms with Gasteiger partial charge in [0.05, 0.1) is 26.4 Å². The maximum atomic E-state index is 13.1. The van der Waals surface area contributed by atoms with Crippen molar-refractivity contribution in [3.63, 3.8) is 0 Å². The van der Waals surface area contributed by atoms with Crippen LogP contribution in [0.15, 0.2) is 24.3 Å². The van der Waals surface area contributed by atoms with E-state index in [0.717, 1.165) is 127 Å². The van der Waals surface area contributed by atoms with Crippen molar-refractivity contribution in [2.24, 2.45) is 17.8 Å². The second kappa shape index (κ2) is 67.1. The number of unbranched alkanes of at least 4 members (excludes halogenated alkanes) is 37. The molecule has 0 aliphatic heterocycles. The number of aliphatic hydroxyl groups excluding tert-OH is 1. The normalized spacial score (nSPS) is 14.5. The number of aliphatic hydroxyl groups is 1. The minimum Gasteiger partial charge on any atom is -0.462 e. The number of esters is 4. The van der Waals surface area contributed by atoms with Gasteiger partial charge in [-0.15, -0.1) is 0 Å². The molecule has 0 saturated carbocycles. The number of rotatable bonds is 73. The van der Waals surface area contributed by atoms with Gasteiger partial charge >= 0.3 is 39.5 Å². The Morgan fingerprint density at radius 3 is 0.927 bits per heavy atom. The van der Waals surface area contributed by atoms with Gasteiger partial charge in [-0.2, -0.15) is 0 Å². The van der Waals surface area contributed by atoms with Crippen molar-refractivity contribution in [1.82, 2.24) is 0 Å². The van der Waals surface area contributed by atoms with Gasteiger partial charge in [0.25, 0.3) is 0 Å². The van der Waals surface area contributed by atoms with Crippen LogP contribution in [0.25, 0.3) is 0 Å². The molecule has 0 fully saturated rings. The van der Waals surface area contributed by atoms with Crippen molar-refractivity contribution >= 4 is 39.5 Å². The zero-order chi connectivity index (χ0) is 70.9. The summed E-state index contributed by atoms with van der Waals surface area (Å²) in [6.45, 7) is 11.8. The van der Waals surface area contributed by atoms with Crippen LogP contribution in [0.3, 0.4) is 0 Å². The first-order valence-corrected chi connectivity index (χ1v) is 42.2. The third kappa shape index (κ3) is 68.7. The molecule has 0 aromatic rings. The maximum Gasteiger partial charge on any atom is 0.472 e. The van der Waals surface area contributed by atoms with Gasteiger partial charge < -0.3 is 33.8 Å². The molecule has 0 amide bonds. The fourth-order valence-corrected chi connectivity index (χ4v) is 12.8. The lowest BCUT2D eigenvalue weighted by atomic mass is 10.00. The molecular formula is C77H146O17P2. The van der Waals surface area contributed by atoms with E-state index in [9.17, 15) is 43.2 Å². The highest BCUT2D eigenvalue weighted by Crippen LogP contribution is 2.45. The van der Waals surface area contributed by atoms with Crippen LogP contribution >= 0.6 is 15.6 Å². The Kier molecular flexibility index (Phi) is 65.3. The molecule has 19 heteroatoms. The van der Waals surface area contributed by atoms with E-state index in [1.807, 2.05) is 0 Å². The summed E-state index contributed by atoms with van der Waals surface area (Å²) in [5.41, 5.74) is 0. The largest absolute Gasteiger partial charge is 0.472 e. The molecule has 0 heterocycles. The van der Waals surface area contributed by atoms with Crippen molar-refractivity contribution in [1.29, 1.82) is 0 Å². The van der Waals surface area contributed by atoms with Crippen molar-refractivity contribution in [3.05, 3.63) is 24.3 Å². The molecule has 96 heavy (non-hydrogen) atoms. The van der Waals surface area contributed by atoms with E-state index >= 15 is 0 Å². The number of hydrogen-bond acceptors (Lipinski definition) is 15. The summed E-state index contributed by atoms with van der Waals surface area (Å²) in [7, 11) is -9.93. The lowest BCUT2D eigenvalue weighted by Gasteiger charge is -2.21. The predicted octanol–water partition coefficient (Wildman–Crippen LogP) is 22.1. The molecule has 0 saturated heterocycles. The Morgan fingerprint density at radius 2 is 0.615 bits per heavy atom. The summed E-state index contributed by atoms with van der Waals surface area (Å²) in [4.78, 5) is 72.8. The molecule has 0 aromatic heterocycles. The minimum atomic E-state index is -4.97. The van der Waals surface area contributed by atoms with Gasteiger partial charge in [-0.05, 0) is 69.1 Å². The summed E-state index contributed by atoms with van der Waals surface area (Å²) in [5, 5.41) is 10.6. The fraction of sp³-hybridized carbons (Fsp3) is 0.896. The van der Waals surface area contributed by atoms with Gasteiger partial charge in [-0.25, -0.2) is 9.13 Å². The summed E-state index contributed by atoms with van der Waals surface area (Å²) >= 11 is 0. The number of ether oxygens (including phenoxy) is 4. The Bertz CT molecular complexity index is 1970. The number of carbonyl (C=O) groups is 4. The number of allylic oxidation sites excluding steroid dienone is 4. The molecule has 3 unspecified atom stereocenters. The van der Waals surface area contributed by atoms with Gasteiger partial charge in [0.15, 0.2) is 12.2 Å². The quantitative estimate of drug-likeness (QED) is 0.0169. The van der Waals surface area contributed by atoms with Crippen LogP contribution in [0.1, 0.15) is 370 Å². The fourth-order valence-electron chi connectivity index (χ4n) is 11.2. The molecule has 0 bridgehead atoms. The lowest BCUT2D eigenvalue weighted by Crippen LogP contribution is -2.30. The number of phosphoric ester groups is 2.